The number of nitrogens with one attached hydrogen (secondary N) is 1. The number of morpholine rings is 1. The van der Waals surface area contributed by atoms with Gasteiger partial charge in [-0.05, 0) is 12.1 Å². The third-order valence-electron chi connectivity index (χ3n) is 2.30. The maximum atomic E-state index is 9.72. The summed E-state index contributed by atoms with van der Waals surface area (Å²) in [5.41, 5.74) is 0.882. The van der Waals surface area contributed by atoms with Gasteiger partial charge in [-0.1, -0.05) is 22.0 Å². The molecule has 0 radical (unpaired) electrons. The van der Waals surface area contributed by atoms with Crippen molar-refractivity contribution in [1.82, 2.24) is 5.32 Å². The first-order chi connectivity index (χ1) is 6.79. The fourth-order valence-electron chi connectivity index (χ4n) is 1.62. The van der Waals surface area contributed by atoms with E-state index in [0.29, 0.717) is 12.4 Å². The number of benzene rings is 1. The number of rotatable bonds is 1. The van der Waals surface area contributed by atoms with Gasteiger partial charge in [0, 0.05) is 16.6 Å². The Labute approximate surface area is 91.2 Å². The van der Waals surface area contributed by atoms with E-state index in [4.69, 9.17) is 4.74 Å². The minimum Gasteiger partial charge on any atom is -0.508 e. The standard InChI is InChI=1S/C10H12BrNO2/c11-7-2-1-3-9(13)10(7)8-6-14-5-4-12-8/h1-3,8,12-13H,4-6H2. The van der Waals surface area contributed by atoms with Gasteiger partial charge in [0.1, 0.15) is 5.75 Å². The van der Waals surface area contributed by atoms with Crippen LogP contribution in [-0.2, 0) is 4.74 Å². The van der Waals surface area contributed by atoms with Crippen LogP contribution in [-0.4, -0.2) is 24.9 Å². The monoisotopic (exact) mass is 257 g/mol. The Morgan fingerprint density at radius 3 is 3.00 bits per heavy atom. The van der Waals surface area contributed by atoms with Gasteiger partial charge in [-0.25, -0.2) is 0 Å². The highest BCUT2D eigenvalue weighted by molar-refractivity contribution is 9.10. The van der Waals surface area contributed by atoms with Crippen LogP contribution in [0.1, 0.15) is 11.6 Å². The van der Waals surface area contributed by atoms with Crippen LogP contribution in [0.3, 0.4) is 0 Å². The van der Waals surface area contributed by atoms with E-state index < -0.39 is 0 Å². The average molecular weight is 258 g/mol. The highest BCUT2D eigenvalue weighted by Crippen LogP contribution is 2.32. The Hall–Kier alpha value is -0.580. The van der Waals surface area contributed by atoms with Gasteiger partial charge in [0.05, 0.1) is 19.3 Å². The van der Waals surface area contributed by atoms with Crippen LogP contribution in [0, 0.1) is 0 Å². The number of hydrogen-bond donors (Lipinski definition) is 2. The molecule has 76 valence electrons. The van der Waals surface area contributed by atoms with E-state index in [-0.39, 0.29) is 6.04 Å². The van der Waals surface area contributed by atoms with Gasteiger partial charge in [0.2, 0.25) is 0 Å². The van der Waals surface area contributed by atoms with Crippen LogP contribution in [0.25, 0.3) is 0 Å². The van der Waals surface area contributed by atoms with Crippen LogP contribution in [0.15, 0.2) is 22.7 Å². The zero-order valence-electron chi connectivity index (χ0n) is 7.66. The number of halogens is 1. The van der Waals surface area contributed by atoms with E-state index in [9.17, 15) is 5.11 Å². The molecule has 1 aliphatic rings. The molecule has 14 heavy (non-hydrogen) atoms. The number of phenols is 1. The van der Waals surface area contributed by atoms with Crippen LogP contribution in [0.5, 0.6) is 5.75 Å². The molecule has 0 aromatic heterocycles. The lowest BCUT2D eigenvalue weighted by molar-refractivity contribution is 0.0759. The lowest BCUT2D eigenvalue weighted by atomic mass is 10.1. The molecule has 1 heterocycles. The van der Waals surface area contributed by atoms with Gasteiger partial charge in [0.25, 0.3) is 0 Å². The summed E-state index contributed by atoms with van der Waals surface area (Å²) in [6.07, 6.45) is 0. The fraction of sp³-hybridized carbons (Fsp3) is 0.400. The van der Waals surface area contributed by atoms with Gasteiger partial charge in [-0.3, -0.25) is 0 Å². The molecule has 0 aliphatic carbocycles. The van der Waals surface area contributed by atoms with E-state index in [1.165, 1.54) is 0 Å². The Balaban J connectivity index is 2.29. The summed E-state index contributed by atoms with van der Waals surface area (Å²) in [5.74, 6) is 0.308. The van der Waals surface area contributed by atoms with Crippen molar-refractivity contribution in [2.75, 3.05) is 19.8 Å². The number of ether oxygens (including phenoxy) is 1. The molecule has 1 fully saturated rings. The summed E-state index contributed by atoms with van der Waals surface area (Å²) >= 11 is 3.43. The van der Waals surface area contributed by atoms with Gasteiger partial charge in [0.15, 0.2) is 0 Å². The normalized spacial score (nSPS) is 22.2. The molecule has 2 rings (SSSR count). The van der Waals surface area contributed by atoms with E-state index in [1.807, 2.05) is 12.1 Å². The van der Waals surface area contributed by atoms with E-state index in [1.54, 1.807) is 6.07 Å². The predicted molar refractivity (Wildman–Crippen MR) is 57.4 cm³/mol. The molecule has 0 spiro atoms. The quantitative estimate of drug-likeness (QED) is 0.807. The number of hydrogen-bond acceptors (Lipinski definition) is 3. The highest BCUT2D eigenvalue weighted by Gasteiger charge is 2.20. The first-order valence-corrected chi connectivity index (χ1v) is 5.37. The second-order valence-corrected chi connectivity index (χ2v) is 4.11. The Morgan fingerprint density at radius 1 is 1.50 bits per heavy atom. The molecule has 0 saturated carbocycles. The van der Waals surface area contributed by atoms with Gasteiger partial charge >= 0.3 is 0 Å². The predicted octanol–water partition coefficient (Wildman–Crippen LogP) is 1.82. The van der Waals surface area contributed by atoms with Crippen LogP contribution in [0.2, 0.25) is 0 Å². The maximum absolute atomic E-state index is 9.72. The van der Waals surface area contributed by atoms with Crippen molar-refractivity contribution < 1.29 is 9.84 Å². The van der Waals surface area contributed by atoms with E-state index in [0.717, 1.165) is 23.2 Å². The third-order valence-corrected chi connectivity index (χ3v) is 2.99. The SMILES string of the molecule is Oc1cccc(Br)c1C1COCCN1. The molecule has 1 atom stereocenters. The smallest absolute Gasteiger partial charge is 0.121 e. The third kappa shape index (κ3) is 1.92. The lowest BCUT2D eigenvalue weighted by Gasteiger charge is -2.25. The molecule has 2 N–H and O–H groups in total. The van der Waals surface area contributed by atoms with Crippen molar-refractivity contribution in [3.05, 3.63) is 28.2 Å². The van der Waals surface area contributed by atoms with Crippen LogP contribution >= 0.6 is 15.9 Å². The summed E-state index contributed by atoms with van der Waals surface area (Å²) in [7, 11) is 0. The Kier molecular flexibility index (Phi) is 3.05. The minimum absolute atomic E-state index is 0.0827. The Bertz CT molecular complexity index is 304. The van der Waals surface area contributed by atoms with Crippen molar-refractivity contribution in [2.24, 2.45) is 0 Å². The van der Waals surface area contributed by atoms with Crippen molar-refractivity contribution in [2.45, 2.75) is 6.04 Å². The number of aromatic hydroxyl groups is 1. The molecule has 3 nitrogen and oxygen atoms in total. The van der Waals surface area contributed by atoms with Crippen LogP contribution < -0.4 is 5.32 Å². The molecule has 0 bridgehead atoms. The largest absolute Gasteiger partial charge is 0.508 e. The number of phenolic OH excluding ortho intramolecular Hbond substituents is 1. The molecule has 1 aromatic carbocycles. The van der Waals surface area contributed by atoms with Gasteiger partial charge in [-0.15, -0.1) is 0 Å². The summed E-state index contributed by atoms with van der Waals surface area (Å²) in [5, 5.41) is 13.0. The van der Waals surface area contributed by atoms with Crippen LogP contribution in [0.4, 0.5) is 0 Å². The average Bonchev–Trinajstić information content (AvgIpc) is 2.19. The second-order valence-electron chi connectivity index (χ2n) is 3.25. The first kappa shape index (κ1) is 9.96. The van der Waals surface area contributed by atoms with Gasteiger partial charge in [-0.2, -0.15) is 0 Å². The fourth-order valence-corrected chi connectivity index (χ4v) is 2.25. The minimum atomic E-state index is 0.0827. The van der Waals surface area contributed by atoms with Crippen molar-refractivity contribution >= 4 is 15.9 Å². The van der Waals surface area contributed by atoms with Gasteiger partial charge < -0.3 is 15.2 Å². The highest BCUT2D eigenvalue weighted by atomic mass is 79.9. The van der Waals surface area contributed by atoms with E-state index in [2.05, 4.69) is 21.2 Å². The second kappa shape index (κ2) is 4.29. The van der Waals surface area contributed by atoms with E-state index >= 15 is 0 Å². The zero-order valence-corrected chi connectivity index (χ0v) is 9.25. The molecule has 1 aliphatic heterocycles. The molecular weight excluding hydrogens is 246 g/mol. The zero-order chi connectivity index (χ0) is 9.97. The molecule has 1 unspecified atom stereocenters. The molecule has 0 amide bonds. The molecule has 4 heteroatoms. The molecule has 1 saturated heterocycles. The lowest BCUT2D eigenvalue weighted by Crippen LogP contribution is -2.34. The summed E-state index contributed by atoms with van der Waals surface area (Å²) < 4.78 is 6.27. The Morgan fingerprint density at radius 2 is 2.36 bits per heavy atom. The summed E-state index contributed by atoms with van der Waals surface area (Å²) in [4.78, 5) is 0. The summed E-state index contributed by atoms with van der Waals surface area (Å²) in [6, 6.07) is 5.51. The molecular formula is C10H12BrNO2. The first-order valence-electron chi connectivity index (χ1n) is 4.57. The van der Waals surface area contributed by atoms with Crippen molar-refractivity contribution in [3.63, 3.8) is 0 Å². The van der Waals surface area contributed by atoms with Crippen molar-refractivity contribution in [1.29, 1.82) is 0 Å². The maximum Gasteiger partial charge on any atom is 0.121 e. The summed E-state index contributed by atoms with van der Waals surface area (Å²) in [6.45, 7) is 2.17. The molecule has 1 aromatic rings. The topological polar surface area (TPSA) is 41.5 Å². The van der Waals surface area contributed by atoms with Crippen molar-refractivity contribution in [3.8, 4) is 5.75 Å².